The SMILES string of the molecule is O=C1C2CCC3CCCCC3C2C2C1CCC1CCCCC12. The monoisotopic (exact) mass is 300 g/mol. The second kappa shape index (κ2) is 5.35. The summed E-state index contributed by atoms with van der Waals surface area (Å²) in [6.45, 7) is 0. The molecule has 0 aromatic rings. The van der Waals surface area contributed by atoms with Gasteiger partial charge in [0, 0.05) is 11.8 Å². The number of ketones is 1. The summed E-state index contributed by atoms with van der Waals surface area (Å²) in [5.74, 6) is 7.23. The minimum Gasteiger partial charge on any atom is -0.299 e. The molecule has 0 aromatic heterocycles. The van der Waals surface area contributed by atoms with Gasteiger partial charge in [-0.1, -0.05) is 38.5 Å². The van der Waals surface area contributed by atoms with Crippen molar-refractivity contribution >= 4 is 5.78 Å². The third-order valence-corrected chi connectivity index (χ3v) is 8.73. The minimum absolute atomic E-state index is 0.495. The van der Waals surface area contributed by atoms with Gasteiger partial charge in [-0.3, -0.25) is 4.79 Å². The van der Waals surface area contributed by atoms with E-state index in [1.807, 2.05) is 0 Å². The number of carbonyl (C=O) groups is 1. The third kappa shape index (κ3) is 1.93. The molecular weight excluding hydrogens is 268 g/mol. The first-order valence-electron chi connectivity index (χ1n) is 10.4. The molecule has 8 atom stereocenters. The molecule has 0 N–H and O–H groups in total. The molecule has 5 fully saturated rings. The van der Waals surface area contributed by atoms with Crippen molar-refractivity contribution in [3.8, 4) is 0 Å². The molecule has 1 heteroatoms. The first-order valence-corrected chi connectivity index (χ1v) is 10.4. The third-order valence-electron chi connectivity index (χ3n) is 8.73. The lowest BCUT2D eigenvalue weighted by molar-refractivity contribution is -0.126. The Balaban J connectivity index is 1.50. The molecule has 0 saturated heterocycles. The molecule has 22 heavy (non-hydrogen) atoms. The lowest BCUT2D eigenvalue weighted by Crippen LogP contribution is -2.43. The van der Waals surface area contributed by atoms with Gasteiger partial charge in [-0.2, -0.15) is 0 Å². The molecule has 0 aromatic carbocycles. The van der Waals surface area contributed by atoms with Crippen molar-refractivity contribution in [3.05, 3.63) is 0 Å². The van der Waals surface area contributed by atoms with Gasteiger partial charge in [0.25, 0.3) is 0 Å². The summed E-state index contributed by atoms with van der Waals surface area (Å²) in [6.07, 6.45) is 17.0. The lowest BCUT2D eigenvalue weighted by Gasteiger charge is -2.50. The molecule has 5 aliphatic carbocycles. The van der Waals surface area contributed by atoms with Crippen LogP contribution in [0.1, 0.15) is 77.0 Å². The number of rotatable bonds is 0. The highest BCUT2D eigenvalue weighted by molar-refractivity contribution is 5.86. The molecule has 0 amide bonds. The zero-order valence-corrected chi connectivity index (χ0v) is 14.0. The van der Waals surface area contributed by atoms with Gasteiger partial charge in [-0.05, 0) is 74.0 Å². The van der Waals surface area contributed by atoms with Crippen LogP contribution in [0.25, 0.3) is 0 Å². The van der Waals surface area contributed by atoms with E-state index in [9.17, 15) is 4.79 Å². The van der Waals surface area contributed by atoms with Crippen LogP contribution >= 0.6 is 0 Å². The Morgan fingerprint density at radius 3 is 1.50 bits per heavy atom. The summed E-state index contributed by atoms with van der Waals surface area (Å²) in [5, 5.41) is 0. The molecule has 8 unspecified atom stereocenters. The first kappa shape index (κ1) is 14.1. The van der Waals surface area contributed by atoms with Crippen LogP contribution in [0.4, 0.5) is 0 Å². The normalized spacial score (nSPS) is 54.1. The van der Waals surface area contributed by atoms with E-state index >= 15 is 0 Å². The maximum absolute atomic E-state index is 13.1. The average Bonchev–Trinajstić information content (AvgIpc) is 2.88. The lowest BCUT2D eigenvalue weighted by atomic mass is 9.54. The maximum Gasteiger partial charge on any atom is 0.139 e. The molecule has 1 nitrogen and oxygen atoms in total. The van der Waals surface area contributed by atoms with Crippen molar-refractivity contribution < 1.29 is 4.79 Å². The summed E-state index contributed by atoms with van der Waals surface area (Å²) in [5.41, 5.74) is 0. The van der Waals surface area contributed by atoms with Crippen LogP contribution in [0, 0.1) is 47.3 Å². The topological polar surface area (TPSA) is 17.1 Å². The highest BCUT2D eigenvalue weighted by atomic mass is 16.1. The number of fused-ring (bicyclic) bond motifs is 7. The molecule has 0 heterocycles. The molecule has 0 aliphatic heterocycles. The van der Waals surface area contributed by atoms with Gasteiger partial charge in [-0.25, -0.2) is 0 Å². The highest BCUT2D eigenvalue weighted by Crippen LogP contribution is 2.62. The van der Waals surface area contributed by atoms with E-state index in [0.717, 1.165) is 41.3 Å². The van der Waals surface area contributed by atoms with Gasteiger partial charge in [-0.15, -0.1) is 0 Å². The van der Waals surface area contributed by atoms with E-state index < -0.39 is 0 Å². The summed E-state index contributed by atoms with van der Waals surface area (Å²) in [6, 6.07) is 0. The zero-order chi connectivity index (χ0) is 14.7. The molecule has 5 saturated carbocycles. The van der Waals surface area contributed by atoms with Gasteiger partial charge in [0.1, 0.15) is 5.78 Å². The number of hydrogen-bond acceptors (Lipinski definition) is 1. The predicted molar refractivity (Wildman–Crippen MR) is 88.3 cm³/mol. The summed E-state index contributed by atoms with van der Waals surface area (Å²) in [7, 11) is 0. The maximum atomic E-state index is 13.1. The van der Waals surface area contributed by atoms with E-state index in [1.165, 1.54) is 77.0 Å². The Labute approximate surface area is 135 Å². The molecule has 0 spiro atoms. The van der Waals surface area contributed by atoms with Crippen molar-refractivity contribution in [1.82, 2.24) is 0 Å². The van der Waals surface area contributed by atoms with E-state index in [1.54, 1.807) is 0 Å². The van der Waals surface area contributed by atoms with E-state index in [-0.39, 0.29) is 0 Å². The van der Waals surface area contributed by atoms with Crippen LogP contribution in [-0.4, -0.2) is 5.78 Å². The Bertz CT molecular complexity index is 415. The molecular formula is C21H32O. The molecule has 0 radical (unpaired) electrons. The molecule has 5 rings (SSSR count). The summed E-state index contributed by atoms with van der Waals surface area (Å²) >= 11 is 0. The number of hydrogen-bond donors (Lipinski definition) is 0. The van der Waals surface area contributed by atoms with E-state index in [0.29, 0.717) is 11.8 Å². The quantitative estimate of drug-likeness (QED) is 0.598. The Hall–Kier alpha value is -0.330. The van der Waals surface area contributed by atoms with Crippen molar-refractivity contribution in [2.45, 2.75) is 77.0 Å². The van der Waals surface area contributed by atoms with Crippen LogP contribution in [0.5, 0.6) is 0 Å². The smallest absolute Gasteiger partial charge is 0.139 e. The second-order valence-electron chi connectivity index (χ2n) is 9.34. The molecule has 0 bridgehead atoms. The van der Waals surface area contributed by atoms with Crippen LogP contribution in [0.3, 0.4) is 0 Å². The van der Waals surface area contributed by atoms with Gasteiger partial charge in [0.05, 0.1) is 0 Å². The van der Waals surface area contributed by atoms with Crippen molar-refractivity contribution in [2.75, 3.05) is 0 Å². The zero-order valence-electron chi connectivity index (χ0n) is 14.0. The van der Waals surface area contributed by atoms with Crippen LogP contribution in [0.2, 0.25) is 0 Å². The van der Waals surface area contributed by atoms with Gasteiger partial charge >= 0.3 is 0 Å². The summed E-state index contributed by atoms with van der Waals surface area (Å²) < 4.78 is 0. The Morgan fingerprint density at radius 2 is 1.00 bits per heavy atom. The van der Waals surface area contributed by atoms with Gasteiger partial charge < -0.3 is 0 Å². The van der Waals surface area contributed by atoms with Crippen molar-refractivity contribution in [1.29, 1.82) is 0 Å². The van der Waals surface area contributed by atoms with E-state index in [4.69, 9.17) is 0 Å². The Morgan fingerprint density at radius 1 is 0.545 bits per heavy atom. The predicted octanol–water partition coefficient (Wildman–Crippen LogP) is 5.23. The fourth-order valence-corrected chi connectivity index (χ4v) is 8.02. The fraction of sp³-hybridized carbons (Fsp3) is 0.952. The van der Waals surface area contributed by atoms with Crippen molar-refractivity contribution in [3.63, 3.8) is 0 Å². The Kier molecular flexibility index (Phi) is 3.42. The van der Waals surface area contributed by atoms with Crippen LogP contribution < -0.4 is 0 Å². The minimum atomic E-state index is 0.495. The van der Waals surface area contributed by atoms with Crippen molar-refractivity contribution in [2.24, 2.45) is 47.3 Å². The molecule has 5 aliphatic rings. The largest absolute Gasteiger partial charge is 0.299 e. The van der Waals surface area contributed by atoms with E-state index in [2.05, 4.69) is 0 Å². The fourth-order valence-electron chi connectivity index (χ4n) is 8.02. The summed E-state index contributed by atoms with van der Waals surface area (Å²) in [4.78, 5) is 13.1. The van der Waals surface area contributed by atoms with Crippen LogP contribution in [-0.2, 0) is 4.79 Å². The van der Waals surface area contributed by atoms with Gasteiger partial charge in [0.2, 0.25) is 0 Å². The standard InChI is InChI=1S/C21H32O/c22-21-17-11-9-13-5-1-3-7-15(13)19(17)20-16-8-4-2-6-14(16)10-12-18(20)21/h13-20H,1-12H2. The second-order valence-corrected chi connectivity index (χ2v) is 9.34. The van der Waals surface area contributed by atoms with Gasteiger partial charge in [0.15, 0.2) is 0 Å². The average molecular weight is 300 g/mol. The van der Waals surface area contributed by atoms with Crippen LogP contribution in [0.15, 0.2) is 0 Å². The highest BCUT2D eigenvalue weighted by Gasteiger charge is 2.59. The number of Topliss-reactive ketones (excluding diaryl/α,β-unsaturated/α-hetero) is 1. The number of carbonyl (C=O) groups excluding carboxylic acids is 1. The first-order chi connectivity index (χ1) is 10.8. The molecule has 122 valence electrons.